The van der Waals surface area contributed by atoms with E-state index in [-0.39, 0.29) is 5.91 Å². The smallest absolute Gasteiger partial charge is 0.239 e. The number of carbonyl (C=O) groups is 1. The van der Waals surface area contributed by atoms with Crippen molar-refractivity contribution in [1.29, 1.82) is 0 Å². The molecule has 2 unspecified atom stereocenters. The SMILES string of the molecule is CCC1CCCN1CC(NC)(C(N)=O)C1CC1. The Balaban J connectivity index is 2.09. The highest BCUT2D eigenvalue weighted by molar-refractivity contribution is 5.86. The summed E-state index contributed by atoms with van der Waals surface area (Å²) in [7, 11) is 1.88. The number of hydrogen-bond donors (Lipinski definition) is 2. The van der Waals surface area contributed by atoms with Crippen molar-refractivity contribution in [2.24, 2.45) is 11.7 Å². The second-order valence-corrected chi connectivity index (χ2v) is 5.53. The largest absolute Gasteiger partial charge is 0.368 e. The predicted octanol–water partition coefficient (Wildman–Crippen LogP) is 0.714. The van der Waals surface area contributed by atoms with E-state index in [4.69, 9.17) is 5.73 Å². The molecule has 0 spiro atoms. The van der Waals surface area contributed by atoms with Gasteiger partial charge in [0.15, 0.2) is 0 Å². The van der Waals surface area contributed by atoms with E-state index in [1.165, 1.54) is 19.3 Å². The molecule has 1 aliphatic carbocycles. The topological polar surface area (TPSA) is 58.4 Å². The first-order valence-corrected chi connectivity index (χ1v) is 6.87. The Hall–Kier alpha value is -0.610. The van der Waals surface area contributed by atoms with Crippen LogP contribution in [0.4, 0.5) is 0 Å². The van der Waals surface area contributed by atoms with Gasteiger partial charge in [0.1, 0.15) is 5.54 Å². The number of primary amides is 1. The molecular weight excluding hydrogens is 214 g/mol. The summed E-state index contributed by atoms with van der Waals surface area (Å²) in [6, 6.07) is 0.640. The Morgan fingerprint density at radius 2 is 2.18 bits per heavy atom. The summed E-state index contributed by atoms with van der Waals surface area (Å²) in [5.41, 5.74) is 5.17. The van der Waals surface area contributed by atoms with Gasteiger partial charge in [-0.25, -0.2) is 0 Å². The molecular formula is C13H25N3O. The van der Waals surface area contributed by atoms with Crippen LogP contribution in [0, 0.1) is 5.92 Å². The van der Waals surface area contributed by atoms with Crippen LogP contribution in [0.25, 0.3) is 0 Å². The Labute approximate surface area is 104 Å². The summed E-state index contributed by atoms with van der Waals surface area (Å²) in [5, 5.41) is 3.23. The van der Waals surface area contributed by atoms with Crippen LogP contribution in [-0.2, 0) is 4.79 Å². The first kappa shape index (κ1) is 12.8. The summed E-state index contributed by atoms with van der Waals surface area (Å²) in [4.78, 5) is 14.3. The van der Waals surface area contributed by atoms with Crippen molar-refractivity contribution in [3.8, 4) is 0 Å². The average Bonchev–Trinajstić information content (AvgIpc) is 3.06. The minimum absolute atomic E-state index is 0.177. The van der Waals surface area contributed by atoms with E-state index in [1.54, 1.807) is 0 Å². The Morgan fingerprint density at radius 1 is 1.47 bits per heavy atom. The Bertz CT molecular complexity index is 290. The third-order valence-electron chi connectivity index (χ3n) is 4.58. The normalized spacial score (nSPS) is 29.2. The van der Waals surface area contributed by atoms with Gasteiger partial charge in [0, 0.05) is 12.6 Å². The number of carbonyl (C=O) groups excluding carboxylic acids is 1. The first-order valence-electron chi connectivity index (χ1n) is 6.87. The zero-order chi connectivity index (χ0) is 12.5. The highest BCUT2D eigenvalue weighted by atomic mass is 16.1. The fourth-order valence-electron chi connectivity index (χ4n) is 3.28. The van der Waals surface area contributed by atoms with E-state index in [0.717, 1.165) is 25.9 Å². The molecule has 0 radical (unpaired) electrons. The van der Waals surface area contributed by atoms with Crippen molar-refractivity contribution in [3.63, 3.8) is 0 Å². The molecule has 0 aromatic carbocycles. The van der Waals surface area contributed by atoms with Gasteiger partial charge in [0.05, 0.1) is 0 Å². The average molecular weight is 239 g/mol. The maximum Gasteiger partial charge on any atom is 0.239 e. The third-order valence-corrected chi connectivity index (χ3v) is 4.58. The van der Waals surface area contributed by atoms with Gasteiger partial charge in [-0.3, -0.25) is 9.69 Å². The molecule has 2 atom stereocenters. The fourth-order valence-corrected chi connectivity index (χ4v) is 3.28. The molecule has 1 aliphatic heterocycles. The minimum atomic E-state index is -0.488. The van der Waals surface area contributed by atoms with Crippen molar-refractivity contribution in [2.75, 3.05) is 20.1 Å². The van der Waals surface area contributed by atoms with Gasteiger partial charge in [-0.2, -0.15) is 0 Å². The van der Waals surface area contributed by atoms with E-state index in [0.29, 0.717) is 12.0 Å². The first-order chi connectivity index (χ1) is 8.14. The molecule has 1 saturated heterocycles. The quantitative estimate of drug-likeness (QED) is 0.718. The number of nitrogens with one attached hydrogen (secondary N) is 1. The molecule has 2 aliphatic rings. The number of nitrogens with zero attached hydrogens (tertiary/aromatic N) is 1. The lowest BCUT2D eigenvalue weighted by Crippen LogP contribution is -2.62. The van der Waals surface area contributed by atoms with Crippen LogP contribution in [0.1, 0.15) is 39.0 Å². The van der Waals surface area contributed by atoms with Gasteiger partial charge in [-0.15, -0.1) is 0 Å². The molecule has 1 amide bonds. The number of likely N-dealkylation sites (N-methyl/N-ethyl adjacent to an activating group) is 1. The molecule has 98 valence electrons. The van der Waals surface area contributed by atoms with Gasteiger partial charge in [0.25, 0.3) is 0 Å². The van der Waals surface area contributed by atoms with Crippen LogP contribution in [0.2, 0.25) is 0 Å². The minimum Gasteiger partial charge on any atom is -0.368 e. The molecule has 0 aromatic rings. The molecule has 4 nitrogen and oxygen atoms in total. The summed E-state index contributed by atoms with van der Waals surface area (Å²) in [6.07, 6.45) is 5.95. The van der Waals surface area contributed by atoms with Crippen molar-refractivity contribution < 1.29 is 4.79 Å². The standard InChI is InChI=1S/C13H25N3O/c1-3-11-5-4-8-16(11)9-13(15-2,12(14)17)10-6-7-10/h10-11,15H,3-9H2,1-2H3,(H2,14,17). The molecule has 2 rings (SSSR count). The van der Waals surface area contributed by atoms with Crippen molar-refractivity contribution in [3.05, 3.63) is 0 Å². The molecule has 0 aromatic heterocycles. The number of amides is 1. The Kier molecular flexibility index (Phi) is 3.73. The van der Waals surface area contributed by atoms with Gasteiger partial charge >= 0.3 is 0 Å². The lowest BCUT2D eigenvalue weighted by molar-refractivity contribution is -0.126. The van der Waals surface area contributed by atoms with Gasteiger partial charge in [-0.05, 0) is 51.6 Å². The number of hydrogen-bond acceptors (Lipinski definition) is 3. The molecule has 1 heterocycles. The Morgan fingerprint density at radius 3 is 2.65 bits per heavy atom. The van der Waals surface area contributed by atoms with Crippen LogP contribution in [0.3, 0.4) is 0 Å². The molecule has 17 heavy (non-hydrogen) atoms. The second-order valence-electron chi connectivity index (χ2n) is 5.53. The lowest BCUT2D eigenvalue weighted by Gasteiger charge is -2.36. The molecule has 2 fully saturated rings. The zero-order valence-corrected chi connectivity index (χ0v) is 11.0. The molecule has 4 heteroatoms. The summed E-state index contributed by atoms with van der Waals surface area (Å²) >= 11 is 0. The third kappa shape index (κ3) is 2.33. The summed E-state index contributed by atoms with van der Waals surface area (Å²) < 4.78 is 0. The van der Waals surface area contributed by atoms with E-state index in [2.05, 4.69) is 17.1 Å². The van der Waals surface area contributed by atoms with Gasteiger partial charge < -0.3 is 11.1 Å². The monoisotopic (exact) mass is 239 g/mol. The van der Waals surface area contributed by atoms with Crippen LogP contribution in [0.5, 0.6) is 0 Å². The van der Waals surface area contributed by atoms with Crippen LogP contribution in [-0.4, -0.2) is 42.5 Å². The van der Waals surface area contributed by atoms with E-state index >= 15 is 0 Å². The highest BCUT2D eigenvalue weighted by Crippen LogP contribution is 2.40. The van der Waals surface area contributed by atoms with Gasteiger partial charge in [0.2, 0.25) is 5.91 Å². The lowest BCUT2D eigenvalue weighted by atomic mass is 9.91. The molecule has 3 N–H and O–H groups in total. The van der Waals surface area contributed by atoms with Crippen molar-refractivity contribution >= 4 is 5.91 Å². The predicted molar refractivity (Wildman–Crippen MR) is 68.6 cm³/mol. The number of rotatable bonds is 6. The van der Waals surface area contributed by atoms with Crippen LogP contribution in [0.15, 0.2) is 0 Å². The zero-order valence-electron chi connectivity index (χ0n) is 11.0. The summed E-state index contributed by atoms with van der Waals surface area (Å²) in [6.45, 7) is 4.13. The van der Waals surface area contributed by atoms with E-state index in [1.807, 2.05) is 7.05 Å². The maximum atomic E-state index is 11.8. The number of likely N-dealkylation sites (tertiary alicyclic amines) is 1. The van der Waals surface area contributed by atoms with Crippen LogP contribution >= 0.6 is 0 Å². The van der Waals surface area contributed by atoms with E-state index < -0.39 is 5.54 Å². The highest BCUT2D eigenvalue weighted by Gasteiger charge is 2.50. The van der Waals surface area contributed by atoms with E-state index in [9.17, 15) is 4.79 Å². The maximum absolute atomic E-state index is 11.8. The number of nitrogens with two attached hydrogens (primary N) is 1. The molecule has 1 saturated carbocycles. The summed E-state index contributed by atoms with van der Waals surface area (Å²) in [5.74, 6) is 0.271. The van der Waals surface area contributed by atoms with Crippen LogP contribution < -0.4 is 11.1 Å². The second kappa shape index (κ2) is 4.94. The van der Waals surface area contributed by atoms with Gasteiger partial charge in [-0.1, -0.05) is 6.92 Å². The fraction of sp³-hybridized carbons (Fsp3) is 0.923. The van der Waals surface area contributed by atoms with Crippen molar-refractivity contribution in [1.82, 2.24) is 10.2 Å². The van der Waals surface area contributed by atoms with Crippen molar-refractivity contribution in [2.45, 2.75) is 50.6 Å². The molecule has 0 bridgehead atoms.